The lowest BCUT2D eigenvalue weighted by Gasteiger charge is -2.26. The summed E-state index contributed by atoms with van der Waals surface area (Å²) in [6, 6.07) is 0. The average molecular weight is 242 g/mol. The zero-order valence-electron chi connectivity index (χ0n) is 11.8. The molecule has 0 aliphatic carbocycles. The molecule has 3 nitrogen and oxygen atoms in total. The van der Waals surface area contributed by atoms with Crippen molar-refractivity contribution in [2.45, 2.75) is 65.1 Å². The molecule has 1 aliphatic rings. The van der Waals surface area contributed by atoms with Crippen molar-refractivity contribution in [3.63, 3.8) is 0 Å². The molecule has 17 heavy (non-hydrogen) atoms. The number of hydrogen-bond donors (Lipinski definition) is 0. The van der Waals surface area contributed by atoms with Gasteiger partial charge < -0.3 is 9.47 Å². The lowest BCUT2D eigenvalue weighted by atomic mass is 9.83. The number of Topliss-reactive ketones (excluding diaryl/α,β-unsaturated/α-hetero) is 1. The highest BCUT2D eigenvalue weighted by molar-refractivity contribution is 5.82. The van der Waals surface area contributed by atoms with Gasteiger partial charge in [-0.3, -0.25) is 4.79 Å². The summed E-state index contributed by atoms with van der Waals surface area (Å²) >= 11 is 0. The molecule has 0 aromatic carbocycles. The van der Waals surface area contributed by atoms with Crippen LogP contribution in [0.3, 0.4) is 0 Å². The number of carbonyl (C=O) groups is 1. The first-order chi connectivity index (χ1) is 7.78. The van der Waals surface area contributed by atoms with Crippen LogP contribution >= 0.6 is 0 Å². The van der Waals surface area contributed by atoms with E-state index in [-0.39, 0.29) is 22.9 Å². The van der Waals surface area contributed by atoms with Gasteiger partial charge in [0, 0.05) is 18.9 Å². The van der Waals surface area contributed by atoms with Gasteiger partial charge in [0.05, 0.1) is 17.8 Å². The second-order valence-corrected chi connectivity index (χ2v) is 6.05. The molecule has 0 radical (unpaired) electrons. The predicted molar refractivity (Wildman–Crippen MR) is 68.1 cm³/mol. The van der Waals surface area contributed by atoms with Crippen LogP contribution in [0.25, 0.3) is 0 Å². The normalized spacial score (nSPS) is 26.1. The molecule has 1 atom stereocenters. The van der Waals surface area contributed by atoms with Gasteiger partial charge in [-0.2, -0.15) is 0 Å². The summed E-state index contributed by atoms with van der Waals surface area (Å²) in [5.74, 6) is 0.277. The van der Waals surface area contributed by atoms with Crippen molar-refractivity contribution in [2.24, 2.45) is 5.92 Å². The van der Waals surface area contributed by atoms with Crippen LogP contribution in [0.5, 0.6) is 0 Å². The molecule has 100 valence electrons. The van der Waals surface area contributed by atoms with Gasteiger partial charge in [0.25, 0.3) is 0 Å². The molecule has 0 bridgehead atoms. The summed E-state index contributed by atoms with van der Waals surface area (Å²) in [4.78, 5) is 12.2. The van der Waals surface area contributed by atoms with Gasteiger partial charge in [-0.1, -0.05) is 6.92 Å². The fraction of sp³-hybridized carbons (Fsp3) is 0.929. The number of rotatable bonds is 6. The van der Waals surface area contributed by atoms with E-state index in [1.54, 1.807) is 0 Å². The molecule has 0 aromatic heterocycles. The van der Waals surface area contributed by atoms with Crippen LogP contribution in [0.2, 0.25) is 0 Å². The summed E-state index contributed by atoms with van der Waals surface area (Å²) in [5, 5.41) is 0. The zero-order chi connectivity index (χ0) is 13.1. The lowest BCUT2D eigenvalue weighted by molar-refractivity contribution is -0.130. The number of ketones is 1. The van der Waals surface area contributed by atoms with Crippen molar-refractivity contribution in [1.29, 1.82) is 0 Å². The average Bonchev–Trinajstić information content (AvgIpc) is 2.41. The van der Waals surface area contributed by atoms with Crippen molar-refractivity contribution >= 4 is 5.78 Å². The third kappa shape index (κ3) is 4.07. The van der Waals surface area contributed by atoms with E-state index in [1.807, 2.05) is 13.8 Å². The van der Waals surface area contributed by atoms with Crippen LogP contribution in [0.1, 0.15) is 53.9 Å². The molecule has 1 saturated heterocycles. The Bertz CT molecular complexity index is 269. The molecule has 0 N–H and O–H groups in total. The Kier molecular flexibility index (Phi) is 4.73. The fourth-order valence-electron chi connectivity index (χ4n) is 2.66. The Labute approximate surface area is 105 Å². The Balaban J connectivity index is 2.46. The molecular weight excluding hydrogens is 216 g/mol. The first kappa shape index (κ1) is 14.7. The van der Waals surface area contributed by atoms with Crippen molar-refractivity contribution < 1.29 is 14.3 Å². The number of ether oxygens (including phenoxy) is 2. The molecule has 0 spiro atoms. The standard InChI is InChI=1S/C14H26O3/c1-6-8-16-9-7-12(15)11-10-13(2,3)17-14(11,4)5/h11H,6-10H2,1-5H3. The van der Waals surface area contributed by atoms with Gasteiger partial charge >= 0.3 is 0 Å². The Hall–Kier alpha value is -0.410. The quantitative estimate of drug-likeness (QED) is 0.672. The zero-order valence-corrected chi connectivity index (χ0v) is 11.8. The molecule has 0 aromatic rings. The van der Waals surface area contributed by atoms with E-state index in [4.69, 9.17) is 9.47 Å². The second kappa shape index (κ2) is 5.49. The first-order valence-electron chi connectivity index (χ1n) is 6.59. The molecule has 1 aliphatic heterocycles. The highest BCUT2D eigenvalue weighted by Gasteiger charge is 2.48. The maximum atomic E-state index is 12.2. The monoisotopic (exact) mass is 242 g/mol. The molecule has 1 fully saturated rings. The van der Waals surface area contributed by atoms with Crippen molar-refractivity contribution in [2.75, 3.05) is 13.2 Å². The SMILES string of the molecule is CCCOCCC(=O)C1CC(C)(C)OC1(C)C. The minimum atomic E-state index is -0.342. The summed E-state index contributed by atoms with van der Waals surface area (Å²) in [5.41, 5.74) is -0.528. The van der Waals surface area contributed by atoms with Crippen LogP contribution in [0.15, 0.2) is 0 Å². The molecule has 1 rings (SSSR count). The topological polar surface area (TPSA) is 35.5 Å². The van der Waals surface area contributed by atoms with E-state index >= 15 is 0 Å². The van der Waals surface area contributed by atoms with Gasteiger partial charge in [-0.15, -0.1) is 0 Å². The minimum Gasteiger partial charge on any atom is -0.381 e. The van der Waals surface area contributed by atoms with Gasteiger partial charge in [-0.25, -0.2) is 0 Å². The third-order valence-corrected chi connectivity index (χ3v) is 3.30. The maximum Gasteiger partial charge on any atom is 0.141 e. The molecular formula is C14H26O3. The highest BCUT2D eigenvalue weighted by atomic mass is 16.5. The van der Waals surface area contributed by atoms with E-state index in [2.05, 4.69) is 20.8 Å². The Morgan fingerprint density at radius 1 is 1.29 bits per heavy atom. The van der Waals surface area contributed by atoms with E-state index < -0.39 is 0 Å². The maximum absolute atomic E-state index is 12.2. The smallest absolute Gasteiger partial charge is 0.141 e. The van der Waals surface area contributed by atoms with Gasteiger partial charge in [0.1, 0.15) is 5.78 Å². The van der Waals surface area contributed by atoms with Gasteiger partial charge in [0.2, 0.25) is 0 Å². The van der Waals surface area contributed by atoms with Crippen molar-refractivity contribution in [3.8, 4) is 0 Å². The van der Waals surface area contributed by atoms with Crippen LogP contribution in [0, 0.1) is 5.92 Å². The molecule has 0 amide bonds. The number of carbonyl (C=O) groups excluding carboxylic acids is 1. The lowest BCUT2D eigenvalue weighted by Crippen LogP contribution is -2.34. The fourth-order valence-corrected chi connectivity index (χ4v) is 2.66. The van der Waals surface area contributed by atoms with E-state index in [1.165, 1.54) is 0 Å². The van der Waals surface area contributed by atoms with E-state index in [0.29, 0.717) is 13.0 Å². The largest absolute Gasteiger partial charge is 0.381 e. The molecule has 1 heterocycles. The minimum absolute atomic E-state index is 0.00252. The predicted octanol–water partition coefficient (Wildman–Crippen LogP) is 2.97. The summed E-state index contributed by atoms with van der Waals surface area (Å²) in [6.45, 7) is 11.5. The Morgan fingerprint density at radius 3 is 2.41 bits per heavy atom. The highest BCUT2D eigenvalue weighted by Crippen LogP contribution is 2.42. The van der Waals surface area contributed by atoms with E-state index in [9.17, 15) is 4.79 Å². The van der Waals surface area contributed by atoms with Crippen LogP contribution in [-0.2, 0) is 14.3 Å². The summed E-state index contributed by atoms with van der Waals surface area (Å²) in [6.07, 6.45) is 2.32. The summed E-state index contributed by atoms with van der Waals surface area (Å²) < 4.78 is 11.3. The molecule has 1 unspecified atom stereocenters. The van der Waals surface area contributed by atoms with Crippen molar-refractivity contribution in [3.05, 3.63) is 0 Å². The molecule has 0 saturated carbocycles. The van der Waals surface area contributed by atoms with Crippen molar-refractivity contribution in [1.82, 2.24) is 0 Å². The second-order valence-electron chi connectivity index (χ2n) is 6.05. The van der Waals surface area contributed by atoms with E-state index in [0.717, 1.165) is 19.4 Å². The molecule has 3 heteroatoms. The third-order valence-electron chi connectivity index (χ3n) is 3.30. The van der Waals surface area contributed by atoms with Crippen LogP contribution < -0.4 is 0 Å². The van der Waals surface area contributed by atoms with Gasteiger partial charge in [-0.05, 0) is 40.5 Å². The van der Waals surface area contributed by atoms with Gasteiger partial charge in [0.15, 0.2) is 0 Å². The van der Waals surface area contributed by atoms with Crippen LogP contribution in [-0.4, -0.2) is 30.2 Å². The summed E-state index contributed by atoms with van der Waals surface area (Å²) in [7, 11) is 0. The first-order valence-corrected chi connectivity index (χ1v) is 6.59. The Morgan fingerprint density at radius 2 is 1.94 bits per heavy atom. The van der Waals surface area contributed by atoms with Crippen LogP contribution in [0.4, 0.5) is 0 Å². The number of hydrogen-bond acceptors (Lipinski definition) is 3.